The van der Waals surface area contributed by atoms with E-state index in [9.17, 15) is 21.6 Å². The van der Waals surface area contributed by atoms with Crippen LogP contribution in [0, 0.1) is 11.3 Å². The molecule has 2 saturated heterocycles. The molecule has 1 aliphatic carbocycles. The molecule has 0 saturated carbocycles. The molecule has 2 unspecified atom stereocenters. The van der Waals surface area contributed by atoms with Crippen LogP contribution in [0.3, 0.4) is 0 Å². The Kier molecular flexibility index (Phi) is 5.81. The summed E-state index contributed by atoms with van der Waals surface area (Å²) in [5.41, 5.74) is -2.00. The molecule has 4 nitrogen and oxygen atoms in total. The molecule has 2 atom stereocenters. The van der Waals surface area contributed by atoms with Gasteiger partial charge in [-0.1, -0.05) is 19.1 Å². The first-order valence-corrected chi connectivity index (χ1v) is 11.2. The molecular weight excluding hydrogens is 377 g/mol. The highest BCUT2D eigenvalue weighted by Gasteiger charge is 2.50. The number of sulfonamides is 1. The summed E-state index contributed by atoms with van der Waals surface area (Å²) in [6.45, 7) is 6.35. The minimum Gasteiger partial charge on any atom is -0.300 e. The Bertz CT molecular complexity index is 709. The van der Waals surface area contributed by atoms with Crippen LogP contribution in [-0.2, 0) is 10.0 Å². The zero-order chi connectivity index (χ0) is 19.9. The van der Waals surface area contributed by atoms with Gasteiger partial charge in [0.2, 0.25) is 10.0 Å². The SMILES string of the molecule is CC1CCCN(C2CCN(S(=O)(=O)C3=CCC(C)(C(F)(F)F)C=C3)CC2)C1. The van der Waals surface area contributed by atoms with Gasteiger partial charge in [0, 0.05) is 25.7 Å². The van der Waals surface area contributed by atoms with Crippen molar-refractivity contribution in [3.63, 3.8) is 0 Å². The molecule has 154 valence electrons. The van der Waals surface area contributed by atoms with Crippen molar-refractivity contribution in [1.29, 1.82) is 0 Å². The van der Waals surface area contributed by atoms with Crippen molar-refractivity contribution in [2.24, 2.45) is 11.3 Å². The number of likely N-dealkylation sites (tertiary alicyclic amines) is 1. The van der Waals surface area contributed by atoms with E-state index < -0.39 is 21.6 Å². The maximum Gasteiger partial charge on any atom is 0.397 e. The summed E-state index contributed by atoms with van der Waals surface area (Å²) in [6, 6.07) is 0.406. The van der Waals surface area contributed by atoms with Gasteiger partial charge < -0.3 is 4.90 Å². The molecule has 0 amide bonds. The topological polar surface area (TPSA) is 40.6 Å². The normalized spacial score (nSPS) is 32.5. The minimum absolute atomic E-state index is 0.00531. The summed E-state index contributed by atoms with van der Waals surface area (Å²) < 4.78 is 66.4. The molecule has 2 heterocycles. The largest absolute Gasteiger partial charge is 0.397 e. The number of nitrogens with zero attached hydrogens (tertiary/aromatic N) is 2. The molecule has 2 fully saturated rings. The van der Waals surface area contributed by atoms with Crippen molar-refractivity contribution in [2.75, 3.05) is 26.2 Å². The maximum atomic E-state index is 13.1. The molecular formula is C19H29F3N2O2S. The maximum absolute atomic E-state index is 13.1. The number of alkyl halides is 3. The lowest BCUT2D eigenvalue weighted by atomic mass is 9.83. The first kappa shape index (κ1) is 20.9. The molecule has 2 aliphatic heterocycles. The third-order valence-electron chi connectivity index (χ3n) is 6.26. The molecule has 0 aromatic heterocycles. The van der Waals surface area contributed by atoms with Crippen LogP contribution in [0.25, 0.3) is 0 Å². The Morgan fingerprint density at radius 2 is 1.81 bits per heavy atom. The van der Waals surface area contributed by atoms with E-state index in [1.807, 2.05) is 0 Å². The summed E-state index contributed by atoms with van der Waals surface area (Å²) >= 11 is 0. The van der Waals surface area contributed by atoms with E-state index in [0.29, 0.717) is 25.0 Å². The Labute approximate surface area is 160 Å². The molecule has 8 heteroatoms. The zero-order valence-corrected chi connectivity index (χ0v) is 16.8. The van der Waals surface area contributed by atoms with Crippen molar-refractivity contribution in [3.8, 4) is 0 Å². The summed E-state index contributed by atoms with van der Waals surface area (Å²) in [4.78, 5) is 2.47. The van der Waals surface area contributed by atoms with Gasteiger partial charge in [-0.3, -0.25) is 0 Å². The fourth-order valence-corrected chi connectivity index (χ4v) is 5.79. The highest BCUT2D eigenvalue weighted by atomic mass is 32.2. The van der Waals surface area contributed by atoms with Gasteiger partial charge in [0.1, 0.15) is 0 Å². The molecule has 27 heavy (non-hydrogen) atoms. The Hall–Kier alpha value is -0.860. The monoisotopic (exact) mass is 406 g/mol. The number of halogens is 3. The van der Waals surface area contributed by atoms with E-state index in [4.69, 9.17) is 0 Å². The van der Waals surface area contributed by atoms with Crippen LogP contribution in [-0.4, -0.2) is 56.0 Å². The number of allylic oxidation sites excluding steroid dienone is 3. The van der Waals surface area contributed by atoms with Gasteiger partial charge in [0.15, 0.2) is 0 Å². The van der Waals surface area contributed by atoms with E-state index in [-0.39, 0.29) is 11.3 Å². The Morgan fingerprint density at radius 1 is 1.15 bits per heavy atom. The molecule has 3 rings (SSSR count). The van der Waals surface area contributed by atoms with Gasteiger partial charge >= 0.3 is 6.18 Å². The van der Waals surface area contributed by atoms with Crippen LogP contribution in [0.5, 0.6) is 0 Å². The lowest BCUT2D eigenvalue weighted by molar-refractivity contribution is -0.199. The van der Waals surface area contributed by atoms with Crippen molar-refractivity contribution in [3.05, 3.63) is 23.1 Å². The Balaban J connectivity index is 1.62. The predicted octanol–water partition coefficient (Wildman–Crippen LogP) is 3.92. The molecule has 3 aliphatic rings. The summed E-state index contributed by atoms with van der Waals surface area (Å²) in [5, 5.41) is 0. The van der Waals surface area contributed by atoms with Crippen molar-refractivity contribution in [1.82, 2.24) is 9.21 Å². The number of rotatable bonds is 3. The second-order valence-electron chi connectivity index (χ2n) is 8.44. The van der Waals surface area contributed by atoms with Crippen LogP contribution >= 0.6 is 0 Å². The number of hydrogen-bond donors (Lipinski definition) is 0. The number of piperidine rings is 2. The average molecular weight is 407 g/mol. The summed E-state index contributed by atoms with van der Waals surface area (Å²) in [6.07, 6.45) is 2.61. The van der Waals surface area contributed by atoms with Gasteiger partial charge in [0.25, 0.3) is 0 Å². The van der Waals surface area contributed by atoms with Crippen molar-refractivity contribution >= 4 is 10.0 Å². The Morgan fingerprint density at radius 3 is 2.33 bits per heavy atom. The zero-order valence-electron chi connectivity index (χ0n) is 16.0. The second-order valence-corrected chi connectivity index (χ2v) is 10.4. The predicted molar refractivity (Wildman–Crippen MR) is 99.5 cm³/mol. The molecule has 0 spiro atoms. The summed E-state index contributed by atoms with van der Waals surface area (Å²) in [7, 11) is -3.72. The van der Waals surface area contributed by atoms with Crippen LogP contribution < -0.4 is 0 Å². The first-order valence-electron chi connectivity index (χ1n) is 9.73. The summed E-state index contributed by atoms with van der Waals surface area (Å²) in [5.74, 6) is 0.681. The third-order valence-corrected chi connectivity index (χ3v) is 8.20. The minimum atomic E-state index is -4.39. The van der Waals surface area contributed by atoms with Gasteiger partial charge in [-0.25, -0.2) is 8.42 Å². The van der Waals surface area contributed by atoms with E-state index >= 15 is 0 Å². The van der Waals surface area contributed by atoms with Gasteiger partial charge in [-0.15, -0.1) is 0 Å². The van der Waals surface area contributed by atoms with Crippen molar-refractivity contribution < 1.29 is 21.6 Å². The van der Waals surface area contributed by atoms with E-state index in [2.05, 4.69) is 11.8 Å². The molecule has 0 aromatic carbocycles. The van der Waals surface area contributed by atoms with E-state index in [1.165, 1.54) is 23.2 Å². The van der Waals surface area contributed by atoms with E-state index in [1.54, 1.807) is 0 Å². The molecule has 0 aromatic rings. The van der Waals surface area contributed by atoms with Gasteiger partial charge in [-0.2, -0.15) is 17.5 Å². The molecule has 0 radical (unpaired) electrons. The van der Waals surface area contributed by atoms with Crippen molar-refractivity contribution in [2.45, 2.75) is 58.2 Å². The fraction of sp³-hybridized carbons (Fsp3) is 0.789. The standard InChI is InChI=1S/C19H29F3N2O2S/c1-15-4-3-11-23(14-15)16-7-12-24(13-8-16)27(25,26)17-5-9-18(2,10-6-17)19(20,21)22/h5-6,9,15-16H,3-4,7-8,10-14H2,1-2H3. The van der Waals surface area contributed by atoms with Crippen LogP contribution in [0.2, 0.25) is 0 Å². The lowest BCUT2D eigenvalue weighted by Crippen LogP contribution is -2.49. The van der Waals surface area contributed by atoms with Gasteiger partial charge in [-0.05, 0) is 57.6 Å². The molecule has 0 N–H and O–H groups in total. The first-order chi connectivity index (χ1) is 12.5. The van der Waals surface area contributed by atoms with Gasteiger partial charge in [0.05, 0.1) is 10.3 Å². The van der Waals surface area contributed by atoms with Crippen LogP contribution in [0.4, 0.5) is 13.2 Å². The quantitative estimate of drug-likeness (QED) is 0.713. The number of hydrogen-bond acceptors (Lipinski definition) is 3. The smallest absolute Gasteiger partial charge is 0.300 e. The van der Waals surface area contributed by atoms with E-state index in [0.717, 1.165) is 45.0 Å². The third kappa shape index (κ3) is 4.27. The highest BCUT2D eigenvalue weighted by molar-refractivity contribution is 7.93. The molecule has 0 bridgehead atoms. The lowest BCUT2D eigenvalue weighted by Gasteiger charge is -2.41. The van der Waals surface area contributed by atoms with Crippen LogP contribution in [0.1, 0.15) is 46.0 Å². The van der Waals surface area contributed by atoms with Crippen LogP contribution in [0.15, 0.2) is 23.1 Å². The average Bonchev–Trinajstić information content (AvgIpc) is 2.61. The highest BCUT2D eigenvalue weighted by Crippen LogP contribution is 2.45. The fourth-order valence-electron chi connectivity index (χ4n) is 4.27. The second kappa shape index (κ2) is 7.52.